The molecule has 0 aromatic heterocycles. The minimum atomic E-state index is -1.00. The van der Waals surface area contributed by atoms with E-state index in [1.165, 1.54) is 0 Å². The summed E-state index contributed by atoms with van der Waals surface area (Å²) in [7, 11) is 0. The molecule has 106 valence electrons. The van der Waals surface area contributed by atoms with E-state index < -0.39 is 23.9 Å². The first-order chi connectivity index (χ1) is 9.49. The molecule has 1 aliphatic rings. The lowest BCUT2D eigenvalue weighted by Crippen LogP contribution is -2.31. The predicted octanol–water partition coefficient (Wildman–Crippen LogP) is 1.63. The largest absolute Gasteiger partial charge is 0.481 e. The molecule has 1 atom stereocenters. The monoisotopic (exact) mass is 296 g/mol. The van der Waals surface area contributed by atoms with Crippen molar-refractivity contribution in [2.75, 3.05) is 0 Å². The maximum atomic E-state index is 12.1. The molecule has 20 heavy (non-hydrogen) atoms. The molecule has 1 heterocycles. The molecule has 1 unspecified atom stereocenters. The second kappa shape index (κ2) is 5.92. The number of carboxylic acid groups (broad SMARTS) is 1. The molecule has 7 heteroatoms. The summed E-state index contributed by atoms with van der Waals surface area (Å²) >= 11 is 5.99. The quantitative estimate of drug-likeness (QED) is 0.809. The van der Waals surface area contributed by atoms with Crippen LogP contribution in [0.25, 0.3) is 0 Å². The lowest BCUT2D eigenvalue weighted by atomic mass is 10.1. The van der Waals surface area contributed by atoms with Gasteiger partial charge in [-0.1, -0.05) is 29.8 Å². The van der Waals surface area contributed by atoms with Gasteiger partial charge in [-0.05, 0) is 18.1 Å². The molecule has 1 fully saturated rings. The van der Waals surface area contributed by atoms with Gasteiger partial charge in [0.25, 0.3) is 5.91 Å². The number of nitrogens with zero attached hydrogens (tertiary/aromatic N) is 1. The van der Waals surface area contributed by atoms with Crippen LogP contribution >= 0.6 is 11.6 Å². The summed E-state index contributed by atoms with van der Waals surface area (Å²) in [5, 5.41) is 11.6. The average molecular weight is 297 g/mol. The molecule has 3 amide bonds. The highest BCUT2D eigenvalue weighted by atomic mass is 35.5. The van der Waals surface area contributed by atoms with Crippen LogP contribution in [0.1, 0.15) is 18.4 Å². The first kappa shape index (κ1) is 14.3. The van der Waals surface area contributed by atoms with Crippen molar-refractivity contribution in [1.82, 2.24) is 10.2 Å². The number of imide groups is 1. The number of aliphatic carboxylic acids is 1. The van der Waals surface area contributed by atoms with Crippen molar-refractivity contribution in [2.45, 2.75) is 25.4 Å². The van der Waals surface area contributed by atoms with E-state index in [1.54, 1.807) is 24.3 Å². The van der Waals surface area contributed by atoms with Gasteiger partial charge in [-0.15, -0.1) is 0 Å². The Bertz CT molecular complexity index is 561. The molecule has 0 aliphatic carbocycles. The van der Waals surface area contributed by atoms with E-state index >= 15 is 0 Å². The number of carbonyl (C=O) groups excluding carboxylic acids is 2. The van der Waals surface area contributed by atoms with Crippen molar-refractivity contribution in [1.29, 1.82) is 0 Å². The van der Waals surface area contributed by atoms with Gasteiger partial charge in [-0.2, -0.15) is 0 Å². The van der Waals surface area contributed by atoms with Crippen LogP contribution in [0.2, 0.25) is 5.02 Å². The van der Waals surface area contributed by atoms with Gasteiger partial charge in [0.2, 0.25) is 0 Å². The lowest BCUT2D eigenvalue weighted by Gasteiger charge is -2.13. The number of hydrogen-bond donors (Lipinski definition) is 2. The fourth-order valence-corrected chi connectivity index (χ4v) is 2.18. The van der Waals surface area contributed by atoms with Gasteiger partial charge in [0.15, 0.2) is 0 Å². The second-order valence-electron chi connectivity index (χ2n) is 4.45. The van der Waals surface area contributed by atoms with Crippen molar-refractivity contribution < 1.29 is 19.5 Å². The highest BCUT2D eigenvalue weighted by Gasteiger charge is 2.37. The molecule has 1 aliphatic heterocycles. The topological polar surface area (TPSA) is 86.7 Å². The van der Waals surface area contributed by atoms with Crippen LogP contribution in [0.15, 0.2) is 24.3 Å². The summed E-state index contributed by atoms with van der Waals surface area (Å²) in [5.41, 5.74) is 0.663. The van der Waals surface area contributed by atoms with E-state index in [0.717, 1.165) is 4.90 Å². The zero-order valence-electron chi connectivity index (χ0n) is 10.5. The van der Waals surface area contributed by atoms with Crippen LogP contribution in [0.5, 0.6) is 0 Å². The van der Waals surface area contributed by atoms with Crippen molar-refractivity contribution in [3.8, 4) is 0 Å². The van der Waals surface area contributed by atoms with Crippen LogP contribution in [-0.2, 0) is 16.1 Å². The van der Waals surface area contributed by atoms with Crippen molar-refractivity contribution in [3.05, 3.63) is 34.9 Å². The van der Waals surface area contributed by atoms with E-state index in [9.17, 15) is 14.4 Å². The van der Waals surface area contributed by atoms with Crippen molar-refractivity contribution in [2.24, 2.45) is 0 Å². The van der Waals surface area contributed by atoms with E-state index in [1.807, 2.05) is 0 Å². The summed E-state index contributed by atoms with van der Waals surface area (Å²) in [6.07, 6.45) is -0.0877. The summed E-state index contributed by atoms with van der Waals surface area (Å²) in [6, 6.07) is 5.63. The number of amides is 3. The van der Waals surface area contributed by atoms with Crippen molar-refractivity contribution >= 4 is 29.5 Å². The van der Waals surface area contributed by atoms with Gasteiger partial charge in [0, 0.05) is 11.4 Å². The fourth-order valence-electron chi connectivity index (χ4n) is 1.99. The number of carbonyl (C=O) groups is 3. The Kier molecular flexibility index (Phi) is 4.24. The van der Waals surface area contributed by atoms with Gasteiger partial charge in [-0.25, -0.2) is 4.79 Å². The molecule has 0 saturated carbocycles. The lowest BCUT2D eigenvalue weighted by molar-refractivity contribution is -0.137. The highest BCUT2D eigenvalue weighted by Crippen LogP contribution is 2.20. The number of urea groups is 1. The SMILES string of the molecule is O=C(O)CCC1NC(=O)N(Cc2ccccc2Cl)C1=O. The molecular formula is C13H13ClN2O4. The average Bonchev–Trinajstić information content (AvgIpc) is 2.66. The Morgan fingerprint density at radius 1 is 1.35 bits per heavy atom. The maximum Gasteiger partial charge on any atom is 0.325 e. The molecule has 2 rings (SSSR count). The predicted molar refractivity (Wildman–Crippen MR) is 71.2 cm³/mol. The van der Waals surface area contributed by atoms with Gasteiger partial charge < -0.3 is 10.4 Å². The summed E-state index contributed by atoms with van der Waals surface area (Å²) in [5.74, 6) is -1.42. The number of carboxylic acids is 1. The van der Waals surface area contributed by atoms with Crippen LogP contribution in [-0.4, -0.2) is 34.0 Å². The first-order valence-electron chi connectivity index (χ1n) is 6.06. The van der Waals surface area contributed by atoms with E-state index in [4.69, 9.17) is 16.7 Å². The molecule has 1 aromatic rings. The first-order valence-corrected chi connectivity index (χ1v) is 6.44. The van der Waals surface area contributed by atoms with E-state index in [-0.39, 0.29) is 19.4 Å². The number of nitrogens with one attached hydrogen (secondary N) is 1. The second-order valence-corrected chi connectivity index (χ2v) is 4.86. The zero-order valence-corrected chi connectivity index (χ0v) is 11.3. The Morgan fingerprint density at radius 2 is 2.05 bits per heavy atom. The number of benzene rings is 1. The highest BCUT2D eigenvalue weighted by molar-refractivity contribution is 6.31. The molecular weight excluding hydrogens is 284 g/mol. The molecule has 1 saturated heterocycles. The molecule has 0 radical (unpaired) electrons. The fraction of sp³-hybridized carbons (Fsp3) is 0.308. The third-order valence-corrected chi connectivity index (χ3v) is 3.41. The number of rotatable bonds is 5. The van der Waals surface area contributed by atoms with E-state index in [2.05, 4.69) is 5.32 Å². The minimum absolute atomic E-state index is 0.0773. The van der Waals surface area contributed by atoms with Crippen LogP contribution in [0.3, 0.4) is 0 Å². The molecule has 0 bridgehead atoms. The van der Waals surface area contributed by atoms with Gasteiger partial charge in [0.05, 0.1) is 6.54 Å². The van der Waals surface area contributed by atoms with Crippen LogP contribution in [0.4, 0.5) is 4.79 Å². The van der Waals surface area contributed by atoms with Gasteiger partial charge >= 0.3 is 12.0 Å². The smallest absolute Gasteiger partial charge is 0.325 e. The number of halogens is 1. The standard InChI is InChI=1S/C13H13ClN2O4/c14-9-4-2-1-3-8(9)7-16-12(19)10(15-13(16)20)5-6-11(17)18/h1-4,10H,5-7H2,(H,15,20)(H,17,18). The Balaban J connectivity index is 2.06. The van der Waals surface area contributed by atoms with Gasteiger partial charge in [0.1, 0.15) is 6.04 Å². The number of hydrogen-bond acceptors (Lipinski definition) is 3. The normalized spacial score (nSPS) is 18.2. The summed E-state index contributed by atoms with van der Waals surface area (Å²) in [4.78, 5) is 35.4. The molecule has 6 nitrogen and oxygen atoms in total. The molecule has 0 spiro atoms. The van der Waals surface area contributed by atoms with Crippen molar-refractivity contribution in [3.63, 3.8) is 0 Å². The Morgan fingerprint density at radius 3 is 2.70 bits per heavy atom. The maximum absolute atomic E-state index is 12.1. The zero-order chi connectivity index (χ0) is 14.7. The molecule has 2 N–H and O–H groups in total. The third-order valence-electron chi connectivity index (χ3n) is 3.04. The Labute approximate surface area is 120 Å². The molecule has 1 aromatic carbocycles. The summed E-state index contributed by atoms with van der Waals surface area (Å²) < 4.78 is 0. The van der Waals surface area contributed by atoms with Gasteiger partial charge in [-0.3, -0.25) is 14.5 Å². The Hall–Kier alpha value is -2.08. The van der Waals surface area contributed by atoms with Crippen LogP contribution in [0, 0.1) is 0 Å². The minimum Gasteiger partial charge on any atom is -0.481 e. The summed E-state index contributed by atoms with van der Waals surface area (Å²) in [6.45, 7) is 0.0773. The van der Waals surface area contributed by atoms with Crippen LogP contribution < -0.4 is 5.32 Å². The third kappa shape index (κ3) is 3.08. The van der Waals surface area contributed by atoms with E-state index in [0.29, 0.717) is 10.6 Å².